The zero-order chi connectivity index (χ0) is 17.9. The number of carbonyl (C=O) groups is 1. The van der Waals surface area contributed by atoms with Gasteiger partial charge < -0.3 is 15.4 Å². The molecule has 1 atom stereocenters. The molecular weight excluding hydrogens is 320 g/mol. The average Bonchev–Trinajstić information content (AvgIpc) is 2.52. The number of rotatable bonds is 5. The molecule has 1 aliphatic rings. The van der Waals surface area contributed by atoms with Crippen LogP contribution in [0.3, 0.4) is 0 Å². The van der Waals surface area contributed by atoms with Crippen LogP contribution in [0.4, 0.5) is 0 Å². The number of ether oxygens (including phenoxy) is 1. The van der Waals surface area contributed by atoms with Crippen LogP contribution in [0.5, 0.6) is 0 Å². The minimum Gasteiger partial charge on any atom is -0.462 e. The smallest absolute Gasteiger partial charge is 0.338 e. The highest BCUT2D eigenvalue weighted by atomic mass is 32.1. The lowest BCUT2D eigenvalue weighted by atomic mass is 9.93. The van der Waals surface area contributed by atoms with Gasteiger partial charge in [0.05, 0.1) is 18.2 Å². The third-order valence-electron chi connectivity index (χ3n) is 3.97. The summed E-state index contributed by atoms with van der Waals surface area (Å²) < 4.78 is 5.44. The van der Waals surface area contributed by atoms with E-state index < -0.39 is 0 Å². The van der Waals surface area contributed by atoms with Gasteiger partial charge in [-0.2, -0.15) is 0 Å². The summed E-state index contributed by atoms with van der Waals surface area (Å²) in [5.41, 5.74) is 3.59. The number of carbonyl (C=O) groups excluding carboxylic acids is 1. The Morgan fingerprint density at radius 2 is 1.83 bits per heavy atom. The summed E-state index contributed by atoms with van der Waals surface area (Å²) in [5.74, 6) is 0.458. The molecule has 4 nitrogen and oxygen atoms in total. The largest absolute Gasteiger partial charge is 0.462 e. The first-order valence-corrected chi connectivity index (χ1v) is 8.75. The fourth-order valence-electron chi connectivity index (χ4n) is 2.61. The monoisotopic (exact) mass is 346 g/mol. The number of nitrogens with one attached hydrogen (secondary N) is 2. The maximum absolute atomic E-state index is 12.6. The average molecular weight is 346 g/mol. The molecule has 1 aromatic carbocycles. The molecular formula is C19H26N2O2S. The van der Waals surface area contributed by atoms with Gasteiger partial charge in [0.1, 0.15) is 0 Å². The first-order chi connectivity index (χ1) is 11.3. The van der Waals surface area contributed by atoms with Crippen molar-refractivity contribution in [2.24, 2.45) is 5.92 Å². The number of esters is 1. The summed E-state index contributed by atoms with van der Waals surface area (Å²) in [6.45, 7) is 10.6. The Hall–Kier alpha value is -1.88. The van der Waals surface area contributed by atoms with Crippen LogP contribution in [0.1, 0.15) is 57.7 Å². The van der Waals surface area contributed by atoms with E-state index in [0.717, 1.165) is 11.3 Å². The molecule has 1 aromatic rings. The molecule has 0 saturated heterocycles. The Morgan fingerprint density at radius 1 is 1.21 bits per heavy atom. The first-order valence-electron chi connectivity index (χ1n) is 8.34. The fraction of sp³-hybridized carbons (Fsp3) is 0.474. The quantitative estimate of drug-likeness (QED) is 0.627. The van der Waals surface area contributed by atoms with Crippen molar-refractivity contribution < 1.29 is 9.53 Å². The standard InChI is InChI=1S/C19H26N2O2S/c1-11(2)10-23-18(22)16-13(5)20-19(24)21-17(16)15-8-6-14(7-9-15)12(3)4/h6-9,11-12,17H,10H2,1-5H3,(H2,20,21,24). The third-order valence-corrected chi connectivity index (χ3v) is 4.19. The lowest BCUT2D eigenvalue weighted by molar-refractivity contribution is -0.140. The molecule has 2 N–H and O–H groups in total. The second kappa shape index (κ2) is 7.79. The number of benzene rings is 1. The van der Waals surface area contributed by atoms with Crippen LogP contribution in [0.15, 0.2) is 35.5 Å². The zero-order valence-corrected chi connectivity index (χ0v) is 15.8. The molecule has 5 heteroatoms. The Kier molecular flexibility index (Phi) is 5.99. The molecule has 1 unspecified atom stereocenters. The Morgan fingerprint density at radius 3 is 2.38 bits per heavy atom. The molecule has 0 amide bonds. The van der Waals surface area contributed by atoms with E-state index in [1.807, 2.05) is 32.9 Å². The van der Waals surface area contributed by atoms with E-state index in [9.17, 15) is 4.79 Å². The van der Waals surface area contributed by atoms with Crippen LogP contribution in [0, 0.1) is 5.92 Å². The van der Waals surface area contributed by atoms with Gasteiger partial charge in [-0.25, -0.2) is 4.79 Å². The summed E-state index contributed by atoms with van der Waals surface area (Å²) in [5, 5.41) is 6.74. The lowest BCUT2D eigenvalue weighted by Gasteiger charge is -2.30. The number of allylic oxidation sites excluding steroid dienone is 1. The van der Waals surface area contributed by atoms with Crippen molar-refractivity contribution in [3.05, 3.63) is 46.7 Å². The van der Waals surface area contributed by atoms with Gasteiger partial charge in [0, 0.05) is 5.70 Å². The molecule has 0 saturated carbocycles. The van der Waals surface area contributed by atoms with E-state index >= 15 is 0 Å². The van der Waals surface area contributed by atoms with E-state index in [2.05, 4.69) is 36.6 Å². The molecule has 24 heavy (non-hydrogen) atoms. The topological polar surface area (TPSA) is 50.4 Å². The highest BCUT2D eigenvalue weighted by Gasteiger charge is 2.31. The predicted octanol–water partition coefficient (Wildman–Crippen LogP) is 3.80. The Balaban J connectivity index is 2.32. The predicted molar refractivity (Wildman–Crippen MR) is 101 cm³/mol. The van der Waals surface area contributed by atoms with Gasteiger partial charge in [-0.05, 0) is 42.1 Å². The zero-order valence-electron chi connectivity index (χ0n) is 15.0. The highest BCUT2D eigenvalue weighted by molar-refractivity contribution is 7.80. The van der Waals surface area contributed by atoms with E-state index in [0.29, 0.717) is 29.1 Å². The molecule has 130 valence electrons. The van der Waals surface area contributed by atoms with Crippen LogP contribution in [-0.4, -0.2) is 17.7 Å². The molecule has 0 aromatic heterocycles. The number of hydrogen-bond donors (Lipinski definition) is 2. The molecule has 0 fully saturated rings. The molecule has 0 radical (unpaired) electrons. The molecule has 1 aliphatic heterocycles. The van der Waals surface area contributed by atoms with Gasteiger partial charge >= 0.3 is 5.97 Å². The van der Waals surface area contributed by atoms with E-state index in [1.54, 1.807) is 0 Å². The van der Waals surface area contributed by atoms with Crippen molar-refractivity contribution in [1.82, 2.24) is 10.6 Å². The second-order valence-electron chi connectivity index (χ2n) is 6.88. The van der Waals surface area contributed by atoms with Crippen molar-refractivity contribution in [2.45, 2.75) is 46.6 Å². The minimum absolute atomic E-state index is 0.292. The van der Waals surface area contributed by atoms with Crippen molar-refractivity contribution >= 4 is 23.3 Å². The van der Waals surface area contributed by atoms with E-state index in [-0.39, 0.29) is 12.0 Å². The summed E-state index contributed by atoms with van der Waals surface area (Å²) >= 11 is 5.26. The summed E-state index contributed by atoms with van der Waals surface area (Å²) in [4.78, 5) is 12.6. The molecule has 0 bridgehead atoms. The molecule has 1 heterocycles. The lowest BCUT2D eigenvalue weighted by Crippen LogP contribution is -2.45. The maximum atomic E-state index is 12.6. The van der Waals surface area contributed by atoms with Crippen LogP contribution in [0.25, 0.3) is 0 Å². The van der Waals surface area contributed by atoms with Gasteiger partial charge in [0.25, 0.3) is 0 Å². The summed E-state index contributed by atoms with van der Waals surface area (Å²) in [6.07, 6.45) is 0. The molecule has 2 rings (SSSR count). The van der Waals surface area contributed by atoms with Crippen LogP contribution < -0.4 is 10.6 Å². The Labute approximate surface area is 149 Å². The maximum Gasteiger partial charge on any atom is 0.338 e. The molecule has 0 aliphatic carbocycles. The number of hydrogen-bond acceptors (Lipinski definition) is 3. The highest BCUT2D eigenvalue weighted by Crippen LogP contribution is 2.29. The van der Waals surface area contributed by atoms with Crippen molar-refractivity contribution in [1.29, 1.82) is 0 Å². The SMILES string of the molecule is CC1=C(C(=O)OCC(C)C)C(c2ccc(C(C)C)cc2)NC(=S)N1. The van der Waals surface area contributed by atoms with Gasteiger partial charge in [-0.3, -0.25) is 0 Å². The van der Waals surface area contributed by atoms with Gasteiger partial charge in [-0.15, -0.1) is 0 Å². The van der Waals surface area contributed by atoms with E-state index in [1.165, 1.54) is 5.56 Å². The second-order valence-corrected chi connectivity index (χ2v) is 7.29. The van der Waals surface area contributed by atoms with Gasteiger partial charge in [0.15, 0.2) is 5.11 Å². The summed E-state index contributed by atoms with van der Waals surface area (Å²) in [6, 6.07) is 7.99. The minimum atomic E-state index is -0.304. The fourth-order valence-corrected chi connectivity index (χ4v) is 2.88. The number of thiocarbonyl (C=S) groups is 1. The van der Waals surface area contributed by atoms with Gasteiger partial charge in [-0.1, -0.05) is 52.0 Å². The van der Waals surface area contributed by atoms with Crippen molar-refractivity contribution in [2.75, 3.05) is 6.61 Å². The molecule has 0 spiro atoms. The van der Waals surface area contributed by atoms with Gasteiger partial charge in [0.2, 0.25) is 0 Å². The van der Waals surface area contributed by atoms with Crippen LogP contribution >= 0.6 is 12.2 Å². The third kappa shape index (κ3) is 4.35. The normalized spacial score (nSPS) is 17.8. The summed E-state index contributed by atoms with van der Waals surface area (Å²) in [7, 11) is 0. The first kappa shape index (κ1) is 18.5. The van der Waals surface area contributed by atoms with Crippen molar-refractivity contribution in [3.63, 3.8) is 0 Å². The van der Waals surface area contributed by atoms with E-state index in [4.69, 9.17) is 17.0 Å². The van der Waals surface area contributed by atoms with Crippen LogP contribution in [0.2, 0.25) is 0 Å². The Bertz CT molecular complexity index is 648. The van der Waals surface area contributed by atoms with Crippen LogP contribution in [-0.2, 0) is 9.53 Å². The van der Waals surface area contributed by atoms with Crippen molar-refractivity contribution in [3.8, 4) is 0 Å².